The van der Waals surface area contributed by atoms with E-state index in [9.17, 15) is 13.6 Å². The van der Waals surface area contributed by atoms with Crippen LogP contribution >= 0.6 is 11.8 Å². The molecule has 2 aromatic carbocycles. The van der Waals surface area contributed by atoms with Crippen LogP contribution in [0.25, 0.3) is 5.69 Å². The maximum atomic E-state index is 14.3. The molecular weight excluding hydrogens is 446 g/mol. The maximum absolute atomic E-state index is 14.3. The third kappa shape index (κ3) is 5.19. The molecule has 1 heterocycles. The Morgan fingerprint density at radius 1 is 1.12 bits per heavy atom. The van der Waals surface area contributed by atoms with Crippen molar-refractivity contribution in [1.29, 1.82) is 0 Å². The lowest BCUT2D eigenvalue weighted by molar-refractivity contribution is -0.131. The Bertz CT molecular complexity index is 1090. The summed E-state index contributed by atoms with van der Waals surface area (Å²) in [6.07, 6.45) is 3.69. The molecule has 1 aliphatic carbocycles. The molecule has 0 aliphatic heterocycles. The standard InChI is InChI=1S/C24H26F2N4O2S/c1-16-27-28-24(30(16)18-10-12-19(32-2)13-11-18)33-15-23(31)29(17-6-3-4-7-17)14-20-21(25)8-5-9-22(20)26/h5,8-13,17H,3-4,6-7,14-15H2,1-2H3. The van der Waals surface area contributed by atoms with E-state index in [4.69, 9.17) is 4.74 Å². The van der Waals surface area contributed by atoms with Crippen molar-refractivity contribution < 1.29 is 18.3 Å². The summed E-state index contributed by atoms with van der Waals surface area (Å²) in [5.74, 6) is 0.0942. The van der Waals surface area contributed by atoms with Crippen molar-refractivity contribution in [3.05, 3.63) is 65.5 Å². The van der Waals surface area contributed by atoms with Gasteiger partial charge in [0.1, 0.15) is 23.2 Å². The molecule has 0 unspecified atom stereocenters. The number of halogens is 2. The maximum Gasteiger partial charge on any atom is 0.233 e. The van der Waals surface area contributed by atoms with Crippen molar-refractivity contribution in [2.75, 3.05) is 12.9 Å². The van der Waals surface area contributed by atoms with Crippen molar-refractivity contribution >= 4 is 17.7 Å². The normalized spacial score (nSPS) is 13.9. The summed E-state index contributed by atoms with van der Waals surface area (Å²) in [7, 11) is 1.61. The quantitative estimate of drug-likeness (QED) is 0.435. The van der Waals surface area contributed by atoms with E-state index in [2.05, 4.69) is 10.2 Å². The fourth-order valence-electron chi connectivity index (χ4n) is 4.16. The number of aryl methyl sites for hydroxylation is 1. The molecule has 0 N–H and O–H groups in total. The largest absolute Gasteiger partial charge is 0.497 e. The van der Waals surface area contributed by atoms with Crippen LogP contribution in [-0.4, -0.2) is 44.5 Å². The van der Waals surface area contributed by atoms with Gasteiger partial charge in [-0.05, 0) is 56.2 Å². The van der Waals surface area contributed by atoms with Crippen LogP contribution < -0.4 is 4.74 Å². The lowest BCUT2D eigenvalue weighted by Crippen LogP contribution is -2.40. The smallest absolute Gasteiger partial charge is 0.233 e. The number of benzene rings is 2. The van der Waals surface area contributed by atoms with Gasteiger partial charge in [-0.2, -0.15) is 0 Å². The summed E-state index contributed by atoms with van der Waals surface area (Å²) in [4.78, 5) is 14.9. The third-order valence-electron chi connectivity index (χ3n) is 5.93. The van der Waals surface area contributed by atoms with E-state index >= 15 is 0 Å². The van der Waals surface area contributed by atoms with Crippen molar-refractivity contribution in [2.24, 2.45) is 0 Å². The van der Waals surface area contributed by atoms with E-state index in [0.29, 0.717) is 11.0 Å². The van der Waals surface area contributed by atoms with Gasteiger partial charge in [-0.15, -0.1) is 10.2 Å². The van der Waals surface area contributed by atoms with Gasteiger partial charge in [0, 0.05) is 17.3 Å². The Morgan fingerprint density at radius 3 is 2.42 bits per heavy atom. The van der Waals surface area contributed by atoms with Gasteiger partial charge in [-0.25, -0.2) is 8.78 Å². The highest BCUT2D eigenvalue weighted by atomic mass is 32.2. The highest BCUT2D eigenvalue weighted by Gasteiger charge is 2.29. The van der Waals surface area contributed by atoms with Gasteiger partial charge < -0.3 is 9.64 Å². The molecule has 4 rings (SSSR count). The average Bonchev–Trinajstić information content (AvgIpc) is 3.47. The predicted octanol–water partition coefficient (Wildman–Crippen LogP) is 4.93. The fraction of sp³-hybridized carbons (Fsp3) is 0.375. The molecule has 174 valence electrons. The molecule has 33 heavy (non-hydrogen) atoms. The fourth-order valence-corrected chi connectivity index (χ4v) is 5.05. The van der Waals surface area contributed by atoms with Crippen molar-refractivity contribution in [3.63, 3.8) is 0 Å². The Labute approximate surface area is 196 Å². The first-order valence-electron chi connectivity index (χ1n) is 10.9. The van der Waals surface area contributed by atoms with Crippen LogP contribution in [0.3, 0.4) is 0 Å². The molecule has 1 amide bonds. The number of hydrogen-bond donors (Lipinski definition) is 0. The topological polar surface area (TPSA) is 60.2 Å². The molecule has 0 atom stereocenters. The lowest BCUT2D eigenvalue weighted by atomic mass is 10.1. The van der Waals surface area contributed by atoms with Crippen molar-refractivity contribution in [1.82, 2.24) is 19.7 Å². The number of rotatable bonds is 8. The Hall–Kier alpha value is -2.94. The highest BCUT2D eigenvalue weighted by Crippen LogP contribution is 2.29. The Kier molecular flexibility index (Phi) is 7.27. The van der Waals surface area contributed by atoms with Gasteiger partial charge in [0.25, 0.3) is 0 Å². The first-order valence-corrected chi connectivity index (χ1v) is 11.9. The molecular formula is C24H26F2N4O2S. The summed E-state index contributed by atoms with van der Waals surface area (Å²) in [5.41, 5.74) is 0.786. The van der Waals surface area contributed by atoms with Gasteiger partial charge in [0.05, 0.1) is 19.4 Å². The van der Waals surface area contributed by atoms with Crippen LogP contribution in [0.15, 0.2) is 47.6 Å². The van der Waals surface area contributed by atoms with Crippen LogP contribution in [0.5, 0.6) is 5.75 Å². The molecule has 9 heteroatoms. The van der Waals surface area contributed by atoms with Crippen LogP contribution in [0.1, 0.15) is 37.1 Å². The van der Waals surface area contributed by atoms with Gasteiger partial charge in [0.2, 0.25) is 5.91 Å². The summed E-state index contributed by atoms with van der Waals surface area (Å²) in [6, 6.07) is 11.3. The molecule has 0 spiro atoms. The number of ether oxygens (including phenoxy) is 1. The third-order valence-corrected chi connectivity index (χ3v) is 6.84. The first-order chi connectivity index (χ1) is 16.0. The zero-order valence-electron chi connectivity index (χ0n) is 18.6. The molecule has 0 bridgehead atoms. The number of amides is 1. The molecule has 1 aliphatic rings. The minimum Gasteiger partial charge on any atom is -0.497 e. The molecule has 1 aromatic heterocycles. The van der Waals surface area contributed by atoms with Crippen LogP contribution in [-0.2, 0) is 11.3 Å². The Balaban J connectivity index is 1.52. The van der Waals surface area contributed by atoms with E-state index in [-0.39, 0.29) is 29.8 Å². The molecule has 1 fully saturated rings. The van der Waals surface area contributed by atoms with Crippen molar-refractivity contribution in [2.45, 2.75) is 50.4 Å². The zero-order valence-corrected chi connectivity index (χ0v) is 19.4. The van der Waals surface area contributed by atoms with Gasteiger partial charge in [-0.1, -0.05) is 30.7 Å². The number of aromatic nitrogens is 3. The highest BCUT2D eigenvalue weighted by molar-refractivity contribution is 7.99. The minimum absolute atomic E-state index is 0.0155. The number of hydrogen-bond acceptors (Lipinski definition) is 5. The molecule has 3 aromatic rings. The summed E-state index contributed by atoms with van der Waals surface area (Å²) in [6.45, 7) is 1.77. The zero-order chi connectivity index (χ0) is 23.4. The second-order valence-corrected chi connectivity index (χ2v) is 8.95. The SMILES string of the molecule is COc1ccc(-n2c(C)nnc2SCC(=O)N(Cc2c(F)cccc2F)C2CCCC2)cc1. The number of thioether (sulfide) groups is 1. The second kappa shape index (κ2) is 10.3. The number of methoxy groups -OCH3 is 1. The average molecular weight is 473 g/mol. The lowest BCUT2D eigenvalue weighted by Gasteiger charge is -2.29. The van der Waals surface area contributed by atoms with Crippen LogP contribution in [0, 0.1) is 18.6 Å². The molecule has 0 saturated heterocycles. The Morgan fingerprint density at radius 2 is 1.79 bits per heavy atom. The molecule has 0 radical (unpaired) electrons. The summed E-state index contributed by atoms with van der Waals surface area (Å²) < 4.78 is 35.7. The van der Waals surface area contributed by atoms with Crippen molar-refractivity contribution in [3.8, 4) is 11.4 Å². The van der Waals surface area contributed by atoms with Gasteiger partial charge in [0.15, 0.2) is 5.16 Å². The van der Waals surface area contributed by atoms with Gasteiger partial charge in [-0.3, -0.25) is 9.36 Å². The molecule has 1 saturated carbocycles. The molecule has 6 nitrogen and oxygen atoms in total. The summed E-state index contributed by atoms with van der Waals surface area (Å²) >= 11 is 1.27. The number of carbonyl (C=O) groups excluding carboxylic acids is 1. The first kappa shape index (κ1) is 23.2. The van der Waals surface area contributed by atoms with E-state index in [0.717, 1.165) is 37.1 Å². The second-order valence-electron chi connectivity index (χ2n) is 8.01. The van der Waals surface area contributed by atoms with Crippen LogP contribution in [0.4, 0.5) is 8.78 Å². The van der Waals surface area contributed by atoms with E-state index in [1.165, 1.54) is 30.0 Å². The van der Waals surface area contributed by atoms with E-state index in [1.54, 1.807) is 12.0 Å². The van der Waals surface area contributed by atoms with Gasteiger partial charge >= 0.3 is 0 Å². The number of nitrogens with zero attached hydrogens (tertiary/aromatic N) is 4. The van der Waals surface area contributed by atoms with E-state index < -0.39 is 11.6 Å². The monoisotopic (exact) mass is 472 g/mol. The van der Waals surface area contributed by atoms with E-state index in [1.807, 2.05) is 35.8 Å². The van der Waals surface area contributed by atoms with Crippen LogP contribution in [0.2, 0.25) is 0 Å². The number of carbonyl (C=O) groups is 1. The predicted molar refractivity (Wildman–Crippen MR) is 123 cm³/mol. The minimum atomic E-state index is -0.631. The summed E-state index contributed by atoms with van der Waals surface area (Å²) in [5, 5.41) is 8.97.